The molecule has 168 valence electrons. The van der Waals surface area contributed by atoms with Crippen LogP contribution in [0.5, 0.6) is 0 Å². The summed E-state index contributed by atoms with van der Waals surface area (Å²) in [4.78, 5) is 41.5. The van der Waals surface area contributed by atoms with Crippen LogP contribution < -0.4 is 26.8 Å². The molecular formula is C25H24N4O4. The van der Waals surface area contributed by atoms with Crippen molar-refractivity contribution < 1.29 is 9.21 Å². The van der Waals surface area contributed by atoms with Gasteiger partial charge in [0.2, 0.25) is 0 Å². The second-order valence-corrected chi connectivity index (χ2v) is 8.75. The first-order chi connectivity index (χ1) is 15.7. The SMILES string of the molecule is CC(C)(C)C(NC(=O)c1cccc(-c2ccco2)c1)Nc1c(Nc2cccnc2)c(=O)c1=O. The fourth-order valence-corrected chi connectivity index (χ4v) is 3.31. The van der Waals surface area contributed by atoms with Gasteiger partial charge in [0.15, 0.2) is 0 Å². The summed E-state index contributed by atoms with van der Waals surface area (Å²) in [5.41, 5.74) is 0.358. The Labute approximate surface area is 190 Å². The summed E-state index contributed by atoms with van der Waals surface area (Å²) in [5, 5.41) is 8.94. The maximum absolute atomic E-state index is 13.1. The van der Waals surface area contributed by atoms with Gasteiger partial charge in [0.05, 0.1) is 18.1 Å². The molecule has 2 aromatic heterocycles. The summed E-state index contributed by atoms with van der Waals surface area (Å²) in [7, 11) is 0. The average Bonchev–Trinajstić information content (AvgIpc) is 3.35. The molecule has 4 rings (SSSR count). The molecule has 1 atom stereocenters. The number of carbonyl (C=O) groups excluding carboxylic acids is 1. The smallest absolute Gasteiger partial charge is 0.253 e. The first-order valence-corrected chi connectivity index (χ1v) is 10.5. The van der Waals surface area contributed by atoms with Gasteiger partial charge in [-0.3, -0.25) is 19.4 Å². The van der Waals surface area contributed by atoms with Crippen molar-refractivity contribution in [3.63, 3.8) is 0 Å². The van der Waals surface area contributed by atoms with E-state index in [2.05, 4.69) is 20.9 Å². The van der Waals surface area contributed by atoms with E-state index in [1.165, 1.54) is 0 Å². The zero-order valence-electron chi connectivity index (χ0n) is 18.5. The predicted molar refractivity (Wildman–Crippen MR) is 127 cm³/mol. The van der Waals surface area contributed by atoms with Crippen molar-refractivity contribution in [1.29, 1.82) is 0 Å². The van der Waals surface area contributed by atoms with Crippen LogP contribution in [-0.4, -0.2) is 17.1 Å². The quantitative estimate of drug-likeness (QED) is 0.293. The van der Waals surface area contributed by atoms with Crippen LogP contribution in [0.1, 0.15) is 31.1 Å². The van der Waals surface area contributed by atoms with Gasteiger partial charge in [-0.05, 0) is 36.4 Å². The Bertz CT molecular complexity index is 1330. The van der Waals surface area contributed by atoms with E-state index < -0.39 is 22.4 Å². The van der Waals surface area contributed by atoms with Crippen molar-refractivity contribution in [2.24, 2.45) is 5.41 Å². The van der Waals surface area contributed by atoms with Gasteiger partial charge in [-0.25, -0.2) is 0 Å². The van der Waals surface area contributed by atoms with Gasteiger partial charge < -0.3 is 20.4 Å². The molecule has 2 aromatic carbocycles. The van der Waals surface area contributed by atoms with Crippen molar-refractivity contribution in [2.75, 3.05) is 10.6 Å². The normalized spacial score (nSPS) is 12.3. The molecule has 1 amide bonds. The van der Waals surface area contributed by atoms with Crippen LogP contribution in [0.2, 0.25) is 0 Å². The fraction of sp³-hybridized carbons (Fsp3) is 0.200. The number of rotatable bonds is 7. The van der Waals surface area contributed by atoms with Crippen molar-refractivity contribution in [3.8, 4) is 11.3 Å². The predicted octanol–water partition coefficient (Wildman–Crippen LogP) is 3.90. The molecule has 2 heterocycles. The number of furan rings is 1. The Hall–Kier alpha value is -4.20. The maximum atomic E-state index is 13.1. The van der Waals surface area contributed by atoms with E-state index in [0.29, 0.717) is 17.0 Å². The van der Waals surface area contributed by atoms with Gasteiger partial charge in [0, 0.05) is 22.7 Å². The van der Waals surface area contributed by atoms with Crippen molar-refractivity contribution in [3.05, 3.63) is 93.2 Å². The Morgan fingerprint density at radius 1 is 1.00 bits per heavy atom. The molecule has 1 unspecified atom stereocenters. The number of aromatic nitrogens is 1. The largest absolute Gasteiger partial charge is 0.464 e. The highest BCUT2D eigenvalue weighted by Crippen LogP contribution is 2.26. The van der Waals surface area contributed by atoms with Crippen LogP contribution in [0.25, 0.3) is 11.3 Å². The first-order valence-electron chi connectivity index (χ1n) is 10.5. The molecule has 0 aliphatic rings. The monoisotopic (exact) mass is 444 g/mol. The Morgan fingerprint density at radius 3 is 2.45 bits per heavy atom. The van der Waals surface area contributed by atoms with Crippen LogP contribution in [0.15, 0.2) is 81.2 Å². The van der Waals surface area contributed by atoms with Crippen molar-refractivity contribution in [1.82, 2.24) is 10.3 Å². The minimum absolute atomic E-state index is 0.133. The Morgan fingerprint density at radius 2 is 1.79 bits per heavy atom. The van der Waals surface area contributed by atoms with Crippen LogP contribution in [-0.2, 0) is 0 Å². The number of benzene rings is 1. The summed E-state index contributed by atoms with van der Waals surface area (Å²) in [5.74, 6) is 0.335. The number of amides is 1. The summed E-state index contributed by atoms with van der Waals surface area (Å²) >= 11 is 0. The van der Waals surface area contributed by atoms with E-state index >= 15 is 0 Å². The lowest BCUT2D eigenvalue weighted by molar-refractivity contribution is 0.0913. The number of nitrogens with one attached hydrogen (secondary N) is 3. The van der Waals surface area contributed by atoms with Gasteiger partial charge >= 0.3 is 0 Å². The highest BCUT2D eigenvalue weighted by Gasteiger charge is 2.31. The molecule has 0 aliphatic heterocycles. The number of anilines is 3. The molecule has 3 N–H and O–H groups in total. The molecule has 8 nitrogen and oxygen atoms in total. The standard InChI is InChI=1S/C25H24N4O4/c1-25(2,3)24(28-20-19(21(30)22(20)31)27-17-9-5-11-26-14-17)29-23(32)16-8-4-7-15(13-16)18-10-6-12-33-18/h4-14,24,27-28H,1-3H3,(H,29,32). The molecule has 0 saturated heterocycles. The minimum atomic E-state index is -0.635. The van der Waals surface area contributed by atoms with Gasteiger partial charge in [-0.2, -0.15) is 0 Å². The van der Waals surface area contributed by atoms with E-state index in [1.807, 2.05) is 32.9 Å². The highest BCUT2D eigenvalue weighted by atomic mass is 16.3. The zero-order valence-corrected chi connectivity index (χ0v) is 18.5. The Balaban J connectivity index is 1.56. The van der Waals surface area contributed by atoms with E-state index in [-0.39, 0.29) is 17.3 Å². The Kier molecular flexibility index (Phi) is 5.83. The molecular weight excluding hydrogens is 420 g/mol. The van der Waals surface area contributed by atoms with E-state index in [4.69, 9.17) is 4.42 Å². The molecule has 0 aliphatic carbocycles. The van der Waals surface area contributed by atoms with Crippen LogP contribution in [0, 0.1) is 5.41 Å². The number of hydrogen-bond acceptors (Lipinski definition) is 7. The second kappa shape index (κ2) is 8.74. The summed E-state index contributed by atoms with van der Waals surface area (Å²) < 4.78 is 5.42. The van der Waals surface area contributed by atoms with Crippen molar-refractivity contribution >= 4 is 23.0 Å². The third-order valence-electron chi connectivity index (χ3n) is 5.20. The lowest BCUT2D eigenvalue weighted by Gasteiger charge is -2.33. The van der Waals surface area contributed by atoms with Gasteiger partial charge in [-0.1, -0.05) is 32.9 Å². The molecule has 0 saturated carbocycles. The van der Waals surface area contributed by atoms with Crippen LogP contribution in [0.4, 0.5) is 17.1 Å². The van der Waals surface area contributed by atoms with E-state index in [0.717, 1.165) is 5.56 Å². The number of nitrogens with zero attached hydrogens (tertiary/aromatic N) is 1. The molecule has 4 aromatic rings. The van der Waals surface area contributed by atoms with Gasteiger partial charge in [0.25, 0.3) is 16.8 Å². The van der Waals surface area contributed by atoms with E-state index in [1.54, 1.807) is 55.1 Å². The van der Waals surface area contributed by atoms with Gasteiger partial charge in [0.1, 0.15) is 23.3 Å². The zero-order chi connectivity index (χ0) is 23.6. The first kappa shape index (κ1) is 22.0. The number of hydrogen-bond donors (Lipinski definition) is 3. The molecule has 8 heteroatoms. The fourth-order valence-electron chi connectivity index (χ4n) is 3.31. The topological polar surface area (TPSA) is 113 Å². The molecule has 0 radical (unpaired) electrons. The number of pyridine rings is 1. The van der Waals surface area contributed by atoms with Crippen LogP contribution >= 0.6 is 0 Å². The number of carbonyl (C=O) groups is 1. The third-order valence-corrected chi connectivity index (χ3v) is 5.20. The molecule has 33 heavy (non-hydrogen) atoms. The molecule has 0 fully saturated rings. The van der Waals surface area contributed by atoms with Gasteiger partial charge in [-0.15, -0.1) is 0 Å². The van der Waals surface area contributed by atoms with E-state index in [9.17, 15) is 14.4 Å². The van der Waals surface area contributed by atoms with Crippen molar-refractivity contribution in [2.45, 2.75) is 26.9 Å². The summed E-state index contributed by atoms with van der Waals surface area (Å²) in [6.45, 7) is 5.76. The van der Waals surface area contributed by atoms with Crippen LogP contribution in [0.3, 0.4) is 0 Å². The minimum Gasteiger partial charge on any atom is -0.464 e. The third kappa shape index (κ3) is 4.69. The summed E-state index contributed by atoms with van der Waals surface area (Å²) in [6.07, 6.45) is 4.10. The molecule has 0 spiro atoms. The molecule has 0 bridgehead atoms. The second-order valence-electron chi connectivity index (χ2n) is 8.75. The average molecular weight is 444 g/mol. The highest BCUT2D eigenvalue weighted by molar-refractivity contribution is 5.95. The summed E-state index contributed by atoms with van der Waals surface area (Å²) in [6, 6.07) is 14.1. The maximum Gasteiger partial charge on any atom is 0.253 e. The lowest BCUT2D eigenvalue weighted by Crippen LogP contribution is -2.51. The lowest BCUT2D eigenvalue weighted by atomic mass is 9.91.